The summed E-state index contributed by atoms with van der Waals surface area (Å²) in [7, 11) is 0. The first kappa shape index (κ1) is 8.53. The first-order valence-corrected chi connectivity index (χ1v) is 5.09. The molecule has 2 heterocycles. The van der Waals surface area contributed by atoms with Crippen LogP contribution in [0.25, 0.3) is 0 Å². The highest BCUT2D eigenvalue weighted by molar-refractivity contribution is 5.81. The summed E-state index contributed by atoms with van der Waals surface area (Å²) < 4.78 is 7.40. The van der Waals surface area contributed by atoms with Crippen molar-refractivity contribution in [3.05, 3.63) is 42.4 Å². The molecule has 3 heteroatoms. The van der Waals surface area contributed by atoms with E-state index >= 15 is 0 Å². The average molecular weight is 201 g/mol. The van der Waals surface area contributed by atoms with Crippen molar-refractivity contribution in [1.29, 1.82) is 0 Å². The molecule has 15 heavy (non-hydrogen) atoms. The Balaban J connectivity index is 2.03. The number of fused-ring (bicyclic) bond motifs is 1. The van der Waals surface area contributed by atoms with Crippen molar-refractivity contribution in [2.45, 2.75) is 6.42 Å². The fourth-order valence-corrected chi connectivity index (χ4v) is 2.15. The van der Waals surface area contributed by atoms with E-state index in [0.29, 0.717) is 0 Å². The average Bonchev–Trinajstić information content (AvgIpc) is 2.83. The molecule has 0 fully saturated rings. The smallest absolute Gasteiger partial charge is 0.353 e. The second kappa shape index (κ2) is 3.12. The summed E-state index contributed by atoms with van der Waals surface area (Å²) in [4.78, 5) is 0. The van der Waals surface area contributed by atoms with Crippen LogP contribution in [0.3, 0.4) is 0 Å². The van der Waals surface area contributed by atoms with Gasteiger partial charge in [0.05, 0.1) is 6.26 Å². The number of rotatable bonds is 1. The molecule has 1 aromatic rings. The minimum atomic E-state index is -0.0368. The fourth-order valence-electron chi connectivity index (χ4n) is 2.15. The van der Waals surface area contributed by atoms with Crippen LogP contribution in [0.2, 0.25) is 0 Å². The molecule has 2 aliphatic heterocycles. The van der Waals surface area contributed by atoms with Gasteiger partial charge in [0.1, 0.15) is 5.92 Å². The molecule has 0 bridgehead atoms. The van der Waals surface area contributed by atoms with Crippen molar-refractivity contribution in [3.8, 4) is 0 Å². The molecule has 1 unspecified atom stereocenters. The quantitative estimate of drug-likeness (QED) is 0.635. The number of para-hydroxylation sites is 1. The van der Waals surface area contributed by atoms with E-state index in [1.807, 2.05) is 30.3 Å². The lowest BCUT2D eigenvalue weighted by atomic mass is 10.1. The van der Waals surface area contributed by atoms with Gasteiger partial charge in [0, 0.05) is 18.6 Å². The molecule has 3 nitrogen and oxygen atoms in total. The van der Waals surface area contributed by atoms with Crippen LogP contribution in [0.4, 0.5) is 5.69 Å². The van der Waals surface area contributed by atoms with Gasteiger partial charge in [-0.1, -0.05) is 24.0 Å². The van der Waals surface area contributed by atoms with Crippen molar-refractivity contribution in [2.24, 2.45) is 5.92 Å². The second-order valence-corrected chi connectivity index (χ2v) is 3.80. The van der Waals surface area contributed by atoms with Crippen LogP contribution in [-0.2, 0) is 4.74 Å². The van der Waals surface area contributed by atoms with Crippen LogP contribution in [0.5, 0.6) is 0 Å². The Kier molecular flexibility index (Phi) is 1.78. The van der Waals surface area contributed by atoms with Crippen LogP contribution in [0.15, 0.2) is 42.4 Å². The van der Waals surface area contributed by atoms with Gasteiger partial charge in [-0.2, -0.15) is 4.58 Å². The number of hydrogen-bond donors (Lipinski definition) is 0. The number of ether oxygens (including phenoxy) is 1. The zero-order valence-electron chi connectivity index (χ0n) is 8.22. The van der Waals surface area contributed by atoms with E-state index in [2.05, 4.69) is 4.58 Å². The summed E-state index contributed by atoms with van der Waals surface area (Å²) in [5.41, 5.74) is 1.10. The molecule has 0 aliphatic carbocycles. The second-order valence-electron chi connectivity index (χ2n) is 3.80. The van der Waals surface area contributed by atoms with E-state index < -0.39 is 0 Å². The van der Waals surface area contributed by atoms with E-state index in [0.717, 1.165) is 24.6 Å². The van der Waals surface area contributed by atoms with Gasteiger partial charge in [-0.3, -0.25) is 0 Å². The van der Waals surface area contributed by atoms with Gasteiger partial charge >= 0.3 is 5.90 Å². The summed E-state index contributed by atoms with van der Waals surface area (Å²) in [5.74, 6) is 0.861. The van der Waals surface area contributed by atoms with Gasteiger partial charge < -0.3 is 9.84 Å². The van der Waals surface area contributed by atoms with Crippen LogP contribution in [-0.4, -0.2) is 17.0 Å². The van der Waals surface area contributed by atoms with Crippen molar-refractivity contribution in [1.82, 2.24) is 0 Å². The minimum absolute atomic E-state index is 0.0368. The third-order valence-corrected chi connectivity index (χ3v) is 2.91. The van der Waals surface area contributed by atoms with Crippen LogP contribution < -0.4 is 5.11 Å². The number of hydrogen-bond acceptors (Lipinski definition) is 2. The van der Waals surface area contributed by atoms with Crippen LogP contribution >= 0.6 is 0 Å². The monoisotopic (exact) mass is 201 g/mol. The molecule has 0 spiro atoms. The van der Waals surface area contributed by atoms with E-state index in [4.69, 9.17) is 4.74 Å². The van der Waals surface area contributed by atoms with E-state index in [-0.39, 0.29) is 11.7 Å². The zero-order chi connectivity index (χ0) is 10.3. The zero-order valence-corrected chi connectivity index (χ0v) is 8.22. The summed E-state index contributed by atoms with van der Waals surface area (Å²) in [6.45, 7) is 0.865. The van der Waals surface area contributed by atoms with E-state index in [1.54, 1.807) is 0 Å². The van der Waals surface area contributed by atoms with Gasteiger partial charge in [0.15, 0.2) is 6.54 Å². The Morgan fingerprint density at radius 1 is 1.27 bits per heavy atom. The molecule has 0 aromatic heterocycles. The van der Waals surface area contributed by atoms with Gasteiger partial charge in [0.2, 0.25) is 5.69 Å². The van der Waals surface area contributed by atoms with Crippen molar-refractivity contribution < 1.29 is 14.4 Å². The lowest BCUT2D eigenvalue weighted by Crippen LogP contribution is -2.17. The van der Waals surface area contributed by atoms with Crippen LogP contribution in [0.1, 0.15) is 6.42 Å². The van der Waals surface area contributed by atoms with Crippen molar-refractivity contribution in [3.63, 3.8) is 0 Å². The lowest BCUT2D eigenvalue weighted by molar-refractivity contribution is -0.439. The largest absolute Gasteiger partial charge is 0.873 e. The van der Waals surface area contributed by atoms with Gasteiger partial charge in [0.25, 0.3) is 0 Å². The summed E-state index contributed by atoms with van der Waals surface area (Å²) in [6, 6.07) is 10.0. The Hall–Kier alpha value is -1.77. The third kappa shape index (κ3) is 1.23. The molecule has 2 aliphatic rings. The Morgan fingerprint density at radius 2 is 2.07 bits per heavy atom. The Bertz CT molecular complexity index is 448. The molecule has 0 N–H and O–H groups in total. The highest BCUT2D eigenvalue weighted by Gasteiger charge is 2.38. The molecule has 0 saturated carbocycles. The van der Waals surface area contributed by atoms with Gasteiger partial charge in [-0.05, 0) is 0 Å². The van der Waals surface area contributed by atoms with Crippen molar-refractivity contribution in [2.75, 3.05) is 6.54 Å². The first-order chi connectivity index (χ1) is 7.36. The normalized spacial score (nSPS) is 23.7. The molecule has 0 amide bonds. The molecule has 76 valence electrons. The molecular weight excluding hydrogens is 190 g/mol. The lowest BCUT2D eigenvalue weighted by Gasteiger charge is -2.05. The maximum absolute atomic E-state index is 11.4. The summed E-state index contributed by atoms with van der Waals surface area (Å²) in [5, 5.41) is 11.4. The standard InChI is InChI=1S/C12H11NO2/c14-11-8-15-12-10(11)6-7-13(12)9-4-2-1-3-5-9/h1-5,8,10H,6-7H2. The maximum Gasteiger partial charge on any atom is 0.353 e. The minimum Gasteiger partial charge on any atom is -0.873 e. The first-order valence-electron chi connectivity index (χ1n) is 5.09. The van der Waals surface area contributed by atoms with Crippen molar-refractivity contribution >= 4 is 11.6 Å². The third-order valence-electron chi connectivity index (χ3n) is 2.91. The number of benzene rings is 1. The van der Waals surface area contributed by atoms with Crippen LogP contribution in [0, 0.1) is 5.92 Å². The SMILES string of the molecule is [O-]C1=COC2=[N+](c3ccccc3)CCC12. The van der Waals surface area contributed by atoms with E-state index in [9.17, 15) is 5.11 Å². The molecular formula is C12H11NO2. The molecule has 1 aromatic carbocycles. The topological polar surface area (TPSA) is 35.3 Å². The number of nitrogens with zero attached hydrogens (tertiary/aromatic N) is 1. The van der Waals surface area contributed by atoms with Gasteiger partial charge in [-0.25, -0.2) is 0 Å². The molecule has 1 atom stereocenters. The highest BCUT2D eigenvalue weighted by Crippen LogP contribution is 2.29. The van der Waals surface area contributed by atoms with E-state index in [1.165, 1.54) is 6.26 Å². The molecule has 3 rings (SSSR count). The fraction of sp³-hybridized carbons (Fsp3) is 0.250. The Morgan fingerprint density at radius 3 is 2.87 bits per heavy atom. The summed E-state index contributed by atoms with van der Waals surface area (Å²) >= 11 is 0. The predicted octanol–water partition coefficient (Wildman–Crippen LogP) is 0.981. The molecule has 0 saturated heterocycles. The highest BCUT2D eigenvalue weighted by atomic mass is 16.5. The summed E-state index contributed by atoms with van der Waals surface area (Å²) in [6.07, 6.45) is 2.19. The predicted molar refractivity (Wildman–Crippen MR) is 53.5 cm³/mol. The maximum atomic E-state index is 11.4. The Labute approximate surface area is 87.9 Å². The molecule has 0 radical (unpaired) electrons. The van der Waals surface area contributed by atoms with Gasteiger partial charge in [-0.15, -0.1) is 0 Å².